The smallest absolute Gasteiger partial charge is 0.109 e. The van der Waals surface area contributed by atoms with Crippen molar-refractivity contribution in [2.24, 2.45) is 5.73 Å². The highest BCUT2D eigenvalue weighted by Crippen LogP contribution is 2.20. The van der Waals surface area contributed by atoms with Crippen molar-refractivity contribution in [3.05, 3.63) is 17.2 Å². The maximum atomic E-state index is 5.79. The van der Waals surface area contributed by atoms with E-state index in [0.29, 0.717) is 6.54 Å². The first kappa shape index (κ1) is 9.71. The van der Waals surface area contributed by atoms with Gasteiger partial charge in [0.25, 0.3) is 0 Å². The van der Waals surface area contributed by atoms with E-state index in [9.17, 15) is 0 Å². The first-order valence-corrected chi connectivity index (χ1v) is 5.64. The molecule has 3 heteroatoms. The van der Waals surface area contributed by atoms with Crippen LogP contribution in [0.1, 0.15) is 43.4 Å². The summed E-state index contributed by atoms with van der Waals surface area (Å²) in [6.45, 7) is 3.96. The summed E-state index contributed by atoms with van der Waals surface area (Å²) in [6, 6.07) is 0. The molecule has 2 rings (SSSR count). The molecule has 14 heavy (non-hydrogen) atoms. The molecule has 0 atom stereocenters. The van der Waals surface area contributed by atoms with Crippen molar-refractivity contribution in [3.63, 3.8) is 0 Å². The Hall–Kier alpha value is -0.830. The zero-order valence-corrected chi connectivity index (χ0v) is 8.92. The lowest BCUT2D eigenvalue weighted by molar-refractivity contribution is 0.508. The summed E-state index contributed by atoms with van der Waals surface area (Å²) in [7, 11) is 0. The zero-order chi connectivity index (χ0) is 9.97. The molecule has 1 aliphatic heterocycles. The van der Waals surface area contributed by atoms with Gasteiger partial charge in [-0.1, -0.05) is 13.3 Å². The zero-order valence-electron chi connectivity index (χ0n) is 8.92. The van der Waals surface area contributed by atoms with E-state index in [0.717, 1.165) is 25.8 Å². The van der Waals surface area contributed by atoms with E-state index < -0.39 is 0 Å². The summed E-state index contributed by atoms with van der Waals surface area (Å²) in [5.41, 5.74) is 8.31. The summed E-state index contributed by atoms with van der Waals surface area (Å²) >= 11 is 0. The molecule has 1 aliphatic rings. The molecule has 0 saturated heterocycles. The van der Waals surface area contributed by atoms with Crippen LogP contribution < -0.4 is 5.73 Å². The van der Waals surface area contributed by atoms with Crippen LogP contribution in [0.3, 0.4) is 0 Å². The van der Waals surface area contributed by atoms with Crippen molar-refractivity contribution in [2.45, 2.75) is 52.1 Å². The molecule has 2 N–H and O–H groups in total. The molecule has 0 aliphatic carbocycles. The topological polar surface area (TPSA) is 43.8 Å². The fraction of sp³-hybridized carbons (Fsp3) is 0.727. The van der Waals surface area contributed by atoms with Gasteiger partial charge in [-0.2, -0.15) is 0 Å². The van der Waals surface area contributed by atoms with Gasteiger partial charge in [0.05, 0.1) is 11.4 Å². The molecule has 0 saturated carbocycles. The number of hydrogen-bond acceptors (Lipinski definition) is 2. The second-order valence-corrected chi connectivity index (χ2v) is 3.98. The van der Waals surface area contributed by atoms with Gasteiger partial charge >= 0.3 is 0 Å². The SMILES string of the molecule is CCCc1nc2n(c1CN)CCCC2. The van der Waals surface area contributed by atoms with Crippen LogP contribution in [0.15, 0.2) is 0 Å². The summed E-state index contributed by atoms with van der Waals surface area (Å²) < 4.78 is 2.34. The second kappa shape index (κ2) is 4.13. The lowest BCUT2D eigenvalue weighted by Gasteiger charge is -2.15. The Morgan fingerprint density at radius 1 is 1.43 bits per heavy atom. The Bertz CT molecular complexity index is 315. The molecular formula is C11H19N3. The molecule has 0 radical (unpaired) electrons. The van der Waals surface area contributed by atoms with Crippen molar-refractivity contribution in [3.8, 4) is 0 Å². The number of imidazole rings is 1. The summed E-state index contributed by atoms with van der Waals surface area (Å²) in [6.07, 6.45) is 5.93. The van der Waals surface area contributed by atoms with E-state index in [-0.39, 0.29) is 0 Å². The standard InChI is InChI=1S/C11H19N3/c1-2-5-9-10(8-12)14-7-4-3-6-11(14)13-9/h2-8,12H2,1H3. The van der Waals surface area contributed by atoms with Crippen molar-refractivity contribution >= 4 is 0 Å². The minimum Gasteiger partial charge on any atom is -0.331 e. The summed E-state index contributed by atoms with van der Waals surface area (Å²) in [4.78, 5) is 4.69. The molecular weight excluding hydrogens is 174 g/mol. The molecule has 3 nitrogen and oxygen atoms in total. The average molecular weight is 193 g/mol. The van der Waals surface area contributed by atoms with Gasteiger partial charge in [0, 0.05) is 19.5 Å². The van der Waals surface area contributed by atoms with Gasteiger partial charge in [0.2, 0.25) is 0 Å². The number of rotatable bonds is 3. The normalized spacial score (nSPS) is 15.6. The number of fused-ring (bicyclic) bond motifs is 1. The third kappa shape index (κ3) is 1.57. The summed E-state index contributed by atoms with van der Waals surface area (Å²) in [5, 5.41) is 0. The van der Waals surface area contributed by atoms with E-state index in [1.165, 1.54) is 30.1 Å². The van der Waals surface area contributed by atoms with E-state index in [1.54, 1.807) is 0 Å². The highest BCUT2D eigenvalue weighted by atomic mass is 15.1. The van der Waals surface area contributed by atoms with Crippen molar-refractivity contribution in [1.82, 2.24) is 9.55 Å². The fourth-order valence-electron chi connectivity index (χ4n) is 2.27. The first-order chi connectivity index (χ1) is 6.86. The second-order valence-electron chi connectivity index (χ2n) is 3.98. The molecule has 0 aromatic carbocycles. The van der Waals surface area contributed by atoms with Gasteiger partial charge in [-0.3, -0.25) is 0 Å². The van der Waals surface area contributed by atoms with Crippen LogP contribution in [-0.2, 0) is 25.9 Å². The minimum absolute atomic E-state index is 0.641. The minimum atomic E-state index is 0.641. The molecule has 78 valence electrons. The van der Waals surface area contributed by atoms with Crippen LogP contribution in [0.5, 0.6) is 0 Å². The third-order valence-electron chi connectivity index (χ3n) is 2.95. The van der Waals surface area contributed by atoms with Crippen LogP contribution in [0.25, 0.3) is 0 Å². The Morgan fingerprint density at radius 2 is 2.29 bits per heavy atom. The Morgan fingerprint density at radius 3 is 3.00 bits per heavy atom. The van der Waals surface area contributed by atoms with Crippen LogP contribution in [-0.4, -0.2) is 9.55 Å². The Balaban J connectivity index is 2.36. The fourth-order valence-corrected chi connectivity index (χ4v) is 2.27. The number of hydrogen-bond donors (Lipinski definition) is 1. The molecule has 0 bridgehead atoms. The largest absolute Gasteiger partial charge is 0.331 e. The number of nitrogens with two attached hydrogens (primary N) is 1. The van der Waals surface area contributed by atoms with Crippen LogP contribution in [0, 0.1) is 0 Å². The maximum Gasteiger partial charge on any atom is 0.109 e. The lowest BCUT2D eigenvalue weighted by atomic mass is 10.1. The van der Waals surface area contributed by atoms with Gasteiger partial charge < -0.3 is 10.3 Å². The van der Waals surface area contributed by atoms with Crippen molar-refractivity contribution in [1.29, 1.82) is 0 Å². The van der Waals surface area contributed by atoms with Gasteiger partial charge in [0.15, 0.2) is 0 Å². The first-order valence-electron chi connectivity index (χ1n) is 5.64. The monoisotopic (exact) mass is 193 g/mol. The summed E-state index contributed by atoms with van der Waals surface area (Å²) in [5.74, 6) is 1.26. The van der Waals surface area contributed by atoms with Crippen LogP contribution in [0.2, 0.25) is 0 Å². The quantitative estimate of drug-likeness (QED) is 0.793. The van der Waals surface area contributed by atoms with Gasteiger partial charge in [-0.25, -0.2) is 4.98 Å². The lowest BCUT2D eigenvalue weighted by Crippen LogP contribution is -2.15. The Labute approximate surface area is 85.3 Å². The molecule has 1 aromatic heterocycles. The van der Waals surface area contributed by atoms with E-state index >= 15 is 0 Å². The van der Waals surface area contributed by atoms with E-state index in [1.807, 2.05) is 0 Å². The Kier molecular flexibility index (Phi) is 2.87. The molecule has 1 aromatic rings. The number of nitrogens with zero attached hydrogens (tertiary/aromatic N) is 2. The molecule has 0 spiro atoms. The highest BCUT2D eigenvalue weighted by molar-refractivity contribution is 5.18. The predicted molar refractivity (Wildman–Crippen MR) is 57.1 cm³/mol. The molecule has 0 fully saturated rings. The van der Waals surface area contributed by atoms with Gasteiger partial charge in [-0.05, 0) is 19.3 Å². The van der Waals surface area contributed by atoms with Crippen LogP contribution >= 0.6 is 0 Å². The predicted octanol–water partition coefficient (Wildman–Crippen LogP) is 1.63. The van der Waals surface area contributed by atoms with Crippen LogP contribution in [0.4, 0.5) is 0 Å². The highest BCUT2D eigenvalue weighted by Gasteiger charge is 2.17. The maximum absolute atomic E-state index is 5.79. The molecule has 2 heterocycles. The molecule has 0 unspecified atom stereocenters. The number of aryl methyl sites for hydroxylation is 2. The van der Waals surface area contributed by atoms with Crippen molar-refractivity contribution < 1.29 is 0 Å². The van der Waals surface area contributed by atoms with Gasteiger partial charge in [0.1, 0.15) is 5.82 Å². The van der Waals surface area contributed by atoms with E-state index in [4.69, 9.17) is 10.7 Å². The van der Waals surface area contributed by atoms with E-state index in [2.05, 4.69) is 11.5 Å². The molecule has 0 amide bonds. The number of aromatic nitrogens is 2. The van der Waals surface area contributed by atoms with Gasteiger partial charge in [-0.15, -0.1) is 0 Å². The van der Waals surface area contributed by atoms with Crippen molar-refractivity contribution in [2.75, 3.05) is 0 Å². The third-order valence-corrected chi connectivity index (χ3v) is 2.95. The average Bonchev–Trinajstić information content (AvgIpc) is 2.55.